The first-order chi connectivity index (χ1) is 14.6. The van der Waals surface area contributed by atoms with E-state index >= 15 is 0 Å². The fourth-order valence-corrected chi connectivity index (χ4v) is 4.10. The molecule has 3 aromatic rings. The Balaban J connectivity index is 2.36. The van der Waals surface area contributed by atoms with Gasteiger partial charge < -0.3 is 9.47 Å². The molecule has 0 atom stereocenters. The highest BCUT2D eigenvalue weighted by molar-refractivity contribution is 7.07. The predicted octanol–water partition coefficient (Wildman–Crippen LogP) is 2.51. The number of aryl methyl sites for hydroxylation is 1. The van der Waals surface area contributed by atoms with E-state index < -0.39 is 0 Å². The lowest BCUT2D eigenvalue weighted by atomic mass is 10.1. The molecule has 6 nitrogen and oxygen atoms in total. The summed E-state index contributed by atoms with van der Waals surface area (Å²) in [5.41, 5.74) is 1.96. The van der Waals surface area contributed by atoms with Crippen LogP contribution in [0.5, 0.6) is 11.5 Å². The first-order valence-electron chi connectivity index (χ1n) is 9.16. The van der Waals surface area contributed by atoms with Gasteiger partial charge in [-0.2, -0.15) is 10.5 Å². The Morgan fingerprint density at radius 2 is 1.80 bits per heavy atom. The lowest BCUT2D eigenvalue weighted by Gasteiger charge is -2.09. The minimum atomic E-state index is -0.313. The SMILES string of the molecule is CCc1ccc(-n2c(=C(C#N)C#N)s/c(=C/c3cccc(OC)c3OC)c2=O)cc1. The van der Waals surface area contributed by atoms with E-state index in [9.17, 15) is 15.3 Å². The normalized spacial score (nSPS) is 10.9. The highest BCUT2D eigenvalue weighted by Gasteiger charge is 2.13. The lowest BCUT2D eigenvalue weighted by Crippen LogP contribution is -2.30. The van der Waals surface area contributed by atoms with Crippen molar-refractivity contribution in [1.82, 2.24) is 4.57 Å². The molecule has 1 aromatic heterocycles. The van der Waals surface area contributed by atoms with E-state index in [1.165, 1.54) is 11.7 Å². The fourth-order valence-electron chi connectivity index (χ4n) is 3.05. The summed E-state index contributed by atoms with van der Waals surface area (Å²) >= 11 is 1.09. The Hall–Kier alpha value is -3.81. The zero-order chi connectivity index (χ0) is 21.7. The molecule has 0 unspecified atom stereocenters. The third-order valence-electron chi connectivity index (χ3n) is 4.58. The Labute approximate surface area is 177 Å². The number of nitriles is 2. The third kappa shape index (κ3) is 3.84. The molecule has 0 radical (unpaired) electrons. The van der Waals surface area contributed by atoms with Gasteiger partial charge in [-0.15, -0.1) is 11.3 Å². The van der Waals surface area contributed by atoms with Crippen LogP contribution >= 0.6 is 11.3 Å². The Kier molecular flexibility index (Phi) is 6.36. The molecule has 0 saturated heterocycles. The van der Waals surface area contributed by atoms with Crippen LogP contribution in [0.4, 0.5) is 0 Å². The van der Waals surface area contributed by atoms with Gasteiger partial charge in [-0.3, -0.25) is 9.36 Å². The van der Waals surface area contributed by atoms with E-state index in [1.807, 2.05) is 43.3 Å². The summed E-state index contributed by atoms with van der Waals surface area (Å²) in [6, 6.07) is 16.6. The maximum Gasteiger partial charge on any atom is 0.273 e. The monoisotopic (exact) mass is 417 g/mol. The van der Waals surface area contributed by atoms with E-state index in [0.29, 0.717) is 31.9 Å². The molecular formula is C23H19N3O3S. The average molecular weight is 417 g/mol. The lowest BCUT2D eigenvalue weighted by molar-refractivity contribution is 0.354. The Morgan fingerprint density at radius 3 is 2.37 bits per heavy atom. The van der Waals surface area contributed by atoms with Gasteiger partial charge in [-0.25, -0.2) is 0 Å². The van der Waals surface area contributed by atoms with Crippen molar-refractivity contribution in [3.8, 4) is 29.3 Å². The molecule has 0 bridgehead atoms. The van der Waals surface area contributed by atoms with Crippen LogP contribution in [-0.2, 0) is 6.42 Å². The zero-order valence-corrected chi connectivity index (χ0v) is 17.6. The van der Waals surface area contributed by atoms with Crippen LogP contribution in [0.1, 0.15) is 18.1 Å². The Morgan fingerprint density at radius 1 is 1.10 bits per heavy atom. The van der Waals surface area contributed by atoms with E-state index in [4.69, 9.17) is 9.47 Å². The zero-order valence-electron chi connectivity index (χ0n) is 16.8. The van der Waals surface area contributed by atoms with Crippen LogP contribution in [0.25, 0.3) is 17.3 Å². The molecular weight excluding hydrogens is 398 g/mol. The largest absolute Gasteiger partial charge is 0.493 e. The van der Waals surface area contributed by atoms with Gasteiger partial charge in [0.15, 0.2) is 17.1 Å². The molecule has 0 saturated carbocycles. The standard InChI is InChI=1S/C23H19N3O3S/c1-4-15-8-10-18(11-9-15)26-22(27)20(30-23(26)17(13-24)14-25)12-16-6-5-7-19(28-2)21(16)29-3/h5-12H,4H2,1-3H3/b20-12+. The second-order valence-electron chi connectivity index (χ2n) is 6.26. The molecule has 0 aliphatic rings. The van der Waals surface area contributed by atoms with Crippen molar-refractivity contribution in [2.24, 2.45) is 0 Å². The predicted molar refractivity (Wildman–Crippen MR) is 116 cm³/mol. The summed E-state index contributed by atoms with van der Waals surface area (Å²) in [7, 11) is 3.07. The van der Waals surface area contributed by atoms with Crippen molar-refractivity contribution < 1.29 is 9.47 Å². The molecule has 0 amide bonds. The van der Waals surface area contributed by atoms with Crippen molar-refractivity contribution in [3.05, 3.63) is 73.1 Å². The van der Waals surface area contributed by atoms with Gasteiger partial charge in [-0.05, 0) is 36.3 Å². The molecule has 2 aromatic carbocycles. The summed E-state index contributed by atoms with van der Waals surface area (Å²) in [4.78, 5) is 13.3. The second-order valence-corrected chi connectivity index (χ2v) is 7.29. The van der Waals surface area contributed by atoms with Crippen LogP contribution in [-0.4, -0.2) is 18.8 Å². The molecule has 7 heteroatoms. The molecule has 0 aliphatic heterocycles. The molecule has 0 spiro atoms. The summed E-state index contributed by atoms with van der Waals surface area (Å²) < 4.78 is 12.8. The van der Waals surface area contributed by atoms with Gasteiger partial charge in [0, 0.05) is 5.56 Å². The van der Waals surface area contributed by atoms with Gasteiger partial charge in [0.2, 0.25) is 0 Å². The van der Waals surface area contributed by atoms with Crippen molar-refractivity contribution in [1.29, 1.82) is 10.5 Å². The van der Waals surface area contributed by atoms with Crippen LogP contribution in [0.3, 0.4) is 0 Å². The number of para-hydroxylation sites is 1. The molecule has 1 heterocycles. The summed E-state index contributed by atoms with van der Waals surface area (Å²) in [6.45, 7) is 2.04. The highest BCUT2D eigenvalue weighted by atomic mass is 32.1. The molecule has 30 heavy (non-hydrogen) atoms. The van der Waals surface area contributed by atoms with Crippen LogP contribution in [0, 0.1) is 22.7 Å². The average Bonchev–Trinajstić information content (AvgIpc) is 3.10. The minimum Gasteiger partial charge on any atom is -0.493 e. The number of thiazole rings is 1. The first-order valence-corrected chi connectivity index (χ1v) is 9.98. The van der Waals surface area contributed by atoms with E-state index in [2.05, 4.69) is 0 Å². The van der Waals surface area contributed by atoms with E-state index in [0.717, 1.165) is 23.3 Å². The van der Waals surface area contributed by atoms with Crippen molar-refractivity contribution in [2.75, 3.05) is 14.2 Å². The van der Waals surface area contributed by atoms with E-state index in [1.54, 1.807) is 31.4 Å². The molecule has 0 N–H and O–H groups in total. The maximum atomic E-state index is 13.3. The van der Waals surface area contributed by atoms with Crippen molar-refractivity contribution in [2.45, 2.75) is 13.3 Å². The quantitative estimate of drug-likeness (QED) is 0.637. The number of rotatable bonds is 5. The van der Waals surface area contributed by atoms with Crippen LogP contribution in [0.15, 0.2) is 47.3 Å². The van der Waals surface area contributed by atoms with Gasteiger partial charge in [-0.1, -0.05) is 31.2 Å². The van der Waals surface area contributed by atoms with Crippen molar-refractivity contribution in [3.63, 3.8) is 0 Å². The third-order valence-corrected chi connectivity index (χ3v) is 5.68. The smallest absolute Gasteiger partial charge is 0.273 e. The van der Waals surface area contributed by atoms with Gasteiger partial charge >= 0.3 is 0 Å². The number of hydrogen-bond donors (Lipinski definition) is 0. The molecule has 150 valence electrons. The highest BCUT2D eigenvalue weighted by Crippen LogP contribution is 2.30. The number of hydrogen-bond acceptors (Lipinski definition) is 6. The van der Waals surface area contributed by atoms with E-state index in [-0.39, 0.29) is 11.1 Å². The van der Waals surface area contributed by atoms with Gasteiger partial charge in [0.05, 0.1) is 24.4 Å². The summed E-state index contributed by atoms with van der Waals surface area (Å²) in [5, 5.41) is 18.8. The number of aromatic nitrogens is 1. The van der Waals surface area contributed by atoms with Crippen LogP contribution in [0.2, 0.25) is 0 Å². The van der Waals surface area contributed by atoms with Crippen LogP contribution < -0.4 is 24.2 Å². The first kappa shape index (κ1) is 20.9. The molecule has 3 rings (SSSR count). The minimum absolute atomic E-state index is 0.117. The topological polar surface area (TPSA) is 88.0 Å². The number of methoxy groups -OCH3 is 2. The fraction of sp³-hybridized carbons (Fsp3) is 0.174. The number of nitrogens with zero attached hydrogens (tertiary/aromatic N) is 3. The second kappa shape index (κ2) is 9.13. The number of ether oxygens (including phenoxy) is 2. The number of benzene rings is 2. The molecule has 0 fully saturated rings. The van der Waals surface area contributed by atoms with Crippen molar-refractivity contribution >= 4 is 23.0 Å². The Bertz CT molecular complexity index is 1320. The van der Waals surface area contributed by atoms with Gasteiger partial charge in [0.25, 0.3) is 5.56 Å². The summed E-state index contributed by atoms with van der Waals surface area (Å²) in [5.74, 6) is 1.04. The summed E-state index contributed by atoms with van der Waals surface area (Å²) in [6.07, 6.45) is 2.55. The molecule has 0 aliphatic carbocycles. The maximum absolute atomic E-state index is 13.3. The van der Waals surface area contributed by atoms with Gasteiger partial charge in [0.1, 0.15) is 16.8 Å².